The molecule has 3 nitrogen and oxygen atoms in total. The van der Waals surface area contributed by atoms with Crippen molar-refractivity contribution in [2.24, 2.45) is 4.99 Å². The number of carbonyl (C=O) groups excluding carboxylic acids is 1. The fourth-order valence-electron chi connectivity index (χ4n) is 3.89. The Morgan fingerprint density at radius 2 is 1.77 bits per heavy atom. The van der Waals surface area contributed by atoms with Crippen LogP contribution in [0.5, 0.6) is 0 Å². The number of Topliss-reactive ketones (excluding diaryl/α,β-unsaturated/α-hetero) is 1. The standard InChI is InChI=1S/C25H18ClFN2OS/c1-14-9-11-15(12-10-14)22-21-23(16-5-2-3-6-17(16)24(21)30)29-25(28-22)31-13-18-19(26)7-4-8-20(18)27/h2-12,22H,13H2,1H3,(H,28,29)/t22-/m1/s1. The molecule has 1 heterocycles. The number of ketones is 1. The number of nitrogens with one attached hydrogen (secondary N) is 1. The van der Waals surface area contributed by atoms with Crippen molar-refractivity contribution in [3.8, 4) is 0 Å². The summed E-state index contributed by atoms with van der Waals surface area (Å²) in [6.45, 7) is 2.02. The molecule has 0 radical (unpaired) electrons. The van der Waals surface area contributed by atoms with Crippen molar-refractivity contribution in [3.63, 3.8) is 0 Å². The fraction of sp³-hybridized carbons (Fsp3) is 0.120. The van der Waals surface area contributed by atoms with E-state index in [1.165, 1.54) is 17.8 Å². The molecule has 1 atom stereocenters. The number of halogens is 2. The van der Waals surface area contributed by atoms with Crippen LogP contribution in [0.25, 0.3) is 5.70 Å². The molecule has 154 valence electrons. The van der Waals surface area contributed by atoms with Gasteiger partial charge < -0.3 is 5.32 Å². The highest BCUT2D eigenvalue weighted by molar-refractivity contribution is 8.13. The smallest absolute Gasteiger partial charge is 0.194 e. The molecule has 0 fully saturated rings. The molecule has 0 amide bonds. The summed E-state index contributed by atoms with van der Waals surface area (Å²) in [6, 6.07) is 19.9. The van der Waals surface area contributed by atoms with Gasteiger partial charge in [-0.05, 0) is 24.6 Å². The third-order valence-electron chi connectivity index (χ3n) is 5.51. The Bertz CT molecular complexity index is 1250. The number of benzene rings is 3. The van der Waals surface area contributed by atoms with E-state index in [0.29, 0.717) is 32.6 Å². The van der Waals surface area contributed by atoms with Gasteiger partial charge in [0.05, 0.1) is 11.3 Å². The second-order valence-electron chi connectivity index (χ2n) is 7.52. The van der Waals surface area contributed by atoms with Gasteiger partial charge in [0.25, 0.3) is 0 Å². The van der Waals surface area contributed by atoms with Gasteiger partial charge in [-0.25, -0.2) is 9.38 Å². The Kier molecular flexibility index (Phi) is 5.16. The summed E-state index contributed by atoms with van der Waals surface area (Å²) >= 11 is 7.57. The monoisotopic (exact) mass is 448 g/mol. The van der Waals surface area contributed by atoms with E-state index in [9.17, 15) is 9.18 Å². The molecule has 0 saturated carbocycles. The maximum absolute atomic E-state index is 14.2. The van der Waals surface area contributed by atoms with Crippen LogP contribution in [0.4, 0.5) is 4.39 Å². The van der Waals surface area contributed by atoms with Gasteiger partial charge in [0.2, 0.25) is 0 Å². The van der Waals surface area contributed by atoms with Crippen molar-refractivity contribution < 1.29 is 9.18 Å². The predicted molar refractivity (Wildman–Crippen MR) is 125 cm³/mol. The lowest BCUT2D eigenvalue weighted by Crippen LogP contribution is -2.27. The molecule has 0 aromatic heterocycles. The summed E-state index contributed by atoms with van der Waals surface area (Å²) in [5.41, 5.74) is 5.51. The highest BCUT2D eigenvalue weighted by Gasteiger charge is 2.38. The molecule has 6 heteroatoms. The zero-order chi connectivity index (χ0) is 21.5. The van der Waals surface area contributed by atoms with Crippen LogP contribution in [0, 0.1) is 12.7 Å². The third kappa shape index (κ3) is 3.58. The van der Waals surface area contributed by atoms with Crippen molar-refractivity contribution in [2.75, 3.05) is 0 Å². The average molecular weight is 449 g/mol. The highest BCUT2D eigenvalue weighted by Crippen LogP contribution is 2.43. The van der Waals surface area contributed by atoms with Crippen LogP contribution < -0.4 is 5.32 Å². The molecule has 31 heavy (non-hydrogen) atoms. The Hall–Kier alpha value is -2.89. The minimum atomic E-state index is -0.421. The zero-order valence-electron chi connectivity index (χ0n) is 16.7. The van der Waals surface area contributed by atoms with Crippen LogP contribution >= 0.6 is 23.4 Å². The van der Waals surface area contributed by atoms with Crippen molar-refractivity contribution >= 4 is 40.0 Å². The summed E-state index contributed by atoms with van der Waals surface area (Å²) in [7, 11) is 0. The Labute approximate surface area is 189 Å². The van der Waals surface area contributed by atoms with Gasteiger partial charge in [-0.15, -0.1) is 0 Å². The molecule has 1 aliphatic carbocycles. The molecule has 1 aliphatic heterocycles. The van der Waals surface area contributed by atoms with E-state index in [0.717, 1.165) is 22.4 Å². The maximum Gasteiger partial charge on any atom is 0.194 e. The molecule has 0 spiro atoms. The Morgan fingerprint density at radius 3 is 2.52 bits per heavy atom. The molecule has 5 rings (SSSR count). The lowest BCUT2D eigenvalue weighted by atomic mass is 9.95. The molecule has 3 aromatic carbocycles. The summed E-state index contributed by atoms with van der Waals surface area (Å²) < 4.78 is 14.2. The van der Waals surface area contributed by atoms with Gasteiger partial charge in [0.1, 0.15) is 11.9 Å². The predicted octanol–water partition coefficient (Wildman–Crippen LogP) is 6.33. The molecule has 0 bridgehead atoms. The summed E-state index contributed by atoms with van der Waals surface area (Å²) in [4.78, 5) is 18.1. The fourth-order valence-corrected chi connectivity index (χ4v) is 5.13. The van der Waals surface area contributed by atoms with Gasteiger partial charge in [-0.3, -0.25) is 4.79 Å². The first-order valence-electron chi connectivity index (χ1n) is 9.88. The van der Waals surface area contributed by atoms with Gasteiger partial charge in [0, 0.05) is 27.5 Å². The second-order valence-corrected chi connectivity index (χ2v) is 8.90. The Balaban J connectivity index is 1.53. The number of aliphatic imine (C=N–C) groups is 1. The van der Waals surface area contributed by atoms with Gasteiger partial charge in [-0.1, -0.05) is 83.5 Å². The molecule has 0 saturated heterocycles. The van der Waals surface area contributed by atoms with Crippen molar-refractivity contribution in [1.82, 2.24) is 5.32 Å². The summed E-state index contributed by atoms with van der Waals surface area (Å²) in [5.74, 6) is -0.0164. The number of thioether (sulfide) groups is 1. The lowest BCUT2D eigenvalue weighted by Gasteiger charge is -2.24. The third-order valence-corrected chi connectivity index (χ3v) is 6.78. The number of amidine groups is 1. The molecular formula is C25H18ClFN2OS. The SMILES string of the molecule is Cc1ccc([C@H]2N=C(SCc3c(F)cccc3Cl)NC3=C2C(=O)c2ccccc23)cc1. The minimum Gasteiger partial charge on any atom is -0.334 e. The van der Waals surface area contributed by atoms with Crippen LogP contribution in [0.3, 0.4) is 0 Å². The number of fused-ring (bicyclic) bond motifs is 2. The minimum absolute atomic E-state index is 0.00590. The van der Waals surface area contributed by atoms with Crippen LogP contribution in [0.15, 0.2) is 77.3 Å². The highest BCUT2D eigenvalue weighted by atomic mass is 35.5. The largest absolute Gasteiger partial charge is 0.334 e. The van der Waals surface area contributed by atoms with E-state index >= 15 is 0 Å². The van der Waals surface area contributed by atoms with Crippen LogP contribution in [-0.4, -0.2) is 11.0 Å². The van der Waals surface area contributed by atoms with E-state index < -0.39 is 6.04 Å². The second kappa shape index (κ2) is 7.98. The number of hydrogen-bond acceptors (Lipinski definition) is 4. The number of hydrogen-bond donors (Lipinski definition) is 1. The maximum atomic E-state index is 14.2. The van der Waals surface area contributed by atoms with E-state index in [-0.39, 0.29) is 11.6 Å². The first-order chi connectivity index (χ1) is 15.0. The van der Waals surface area contributed by atoms with Crippen molar-refractivity contribution in [1.29, 1.82) is 0 Å². The number of aryl methyl sites for hydroxylation is 1. The van der Waals surface area contributed by atoms with Crippen LogP contribution in [-0.2, 0) is 5.75 Å². The number of carbonyl (C=O) groups is 1. The first-order valence-corrected chi connectivity index (χ1v) is 11.2. The van der Waals surface area contributed by atoms with Gasteiger partial charge in [0.15, 0.2) is 11.0 Å². The first kappa shape index (κ1) is 20.0. The van der Waals surface area contributed by atoms with Gasteiger partial charge in [-0.2, -0.15) is 0 Å². The zero-order valence-corrected chi connectivity index (χ0v) is 18.2. The molecule has 3 aromatic rings. The quantitative estimate of drug-likeness (QED) is 0.509. The summed E-state index contributed by atoms with van der Waals surface area (Å²) in [6.07, 6.45) is 0. The van der Waals surface area contributed by atoms with E-state index in [4.69, 9.17) is 16.6 Å². The van der Waals surface area contributed by atoms with E-state index in [1.807, 2.05) is 55.5 Å². The van der Waals surface area contributed by atoms with E-state index in [1.54, 1.807) is 12.1 Å². The van der Waals surface area contributed by atoms with Crippen molar-refractivity contribution in [2.45, 2.75) is 18.7 Å². The topological polar surface area (TPSA) is 41.5 Å². The number of nitrogens with zero attached hydrogens (tertiary/aromatic N) is 1. The molecule has 0 unspecified atom stereocenters. The summed E-state index contributed by atoms with van der Waals surface area (Å²) in [5, 5.41) is 4.35. The lowest BCUT2D eigenvalue weighted by molar-refractivity contribution is 0.103. The molecular weight excluding hydrogens is 431 g/mol. The average Bonchev–Trinajstić information content (AvgIpc) is 3.06. The number of rotatable bonds is 3. The molecule has 2 aliphatic rings. The van der Waals surface area contributed by atoms with Crippen molar-refractivity contribution in [3.05, 3.63) is 111 Å². The normalized spacial score (nSPS) is 17.2. The van der Waals surface area contributed by atoms with Crippen LogP contribution in [0.1, 0.15) is 38.7 Å². The van der Waals surface area contributed by atoms with E-state index in [2.05, 4.69) is 5.32 Å². The van der Waals surface area contributed by atoms with Gasteiger partial charge >= 0.3 is 0 Å². The molecule has 1 N–H and O–H groups in total. The Morgan fingerprint density at radius 1 is 1.03 bits per heavy atom. The van der Waals surface area contributed by atoms with Crippen LogP contribution in [0.2, 0.25) is 5.02 Å².